The summed E-state index contributed by atoms with van der Waals surface area (Å²) in [5.41, 5.74) is 7.40. The molecule has 0 saturated carbocycles. The van der Waals surface area contributed by atoms with E-state index in [-0.39, 0.29) is 0 Å². The molecule has 0 bridgehead atoms. The highest BCUT2D eigenvalue weighted by molar-refractivity contribution is 5.73. The predicted octanol–water partition coefficient (Wildman–Crippen LogP) is 6.23. The summed E-state index contributed by atoms with van der Waals surface area (Å²) in [4.78, 5) is 8.89. The number of allylic oxidation sites excluding steroid dienone is 1. The summed E-state index contributed by atoms with van der Waals surface area (Å²) in [5, 5.41) is 6.64. The minimum absolute atomic E-state index is 0.415. The van der Waals surface area contributed by atoms with Gasteiger partial charge in [-0.05, 0) is 84.5 Å². The van der Waals surface area contributed by atoms with Crippen LogP contribution in [-0.2, 0) is 0 Å². The second-order valence-corrected chi connectivity index (χ2v) is 7.40. The van der Waals surface area contributed by atoms with E-state index in [1.807, 2.05) is 30.3 Å². The molecule has 4 nitrogen and oxygen atoms in total. The third kappa shape index (κ3) is 4.83. The van der Waals surface area contributed by atoms with Crippen molar-refractivity contribution in [2.24, 2.45) is 5.92 Å². The Kier molecular flexibility index (Phi) is 5.99. The highest BCUT2D eigenvalue weighted by Gasteiger charge is 2.11. The Balaban J connectivity index is 1.81. The fourth-order valence-corrected chi connectivity index (χ4v) is 3.07. The van der Waals surface area contributed by atoms with E-state index in [0.717, 1.165) is 39.5 Å². The summed E-state index contributed by atoms with van der Waals surface area (Å²) in [6.07, 6.45) is 7.13. The van der Waals surface area contributed by atoms with Crippen LogP contribution in [0.2, 0.25) is 0 Å². The van der Waals surface area contributed by atoms with Gasteiger partial charge in [0.2, 0.25) is 5.95 Å². The van der Waals surface area contributed by atoms with Crippen LogP contribution in [0, 0.1) is 32.1 Å². The SMILES string of the molecule is C#Cc1ccc(Nc2nccc(Nc3c(C)cc(C(=C)C(C)C)cc3C)n2)cc1. The molecule has 0 unspecified atom stereocenters. The lowest BCUT2D eigenvalue weighted by atomic mass is 9.93. The third-order valence-corrected chi connectivity index (χ3v) is 4.82. The minimum atomic E-state index is 0.415. The Morgan fingerprint density at radius 1 is 1.03 bits per heavy atom. The van der Waals surface area contributed by atoms with E-state index in [1.165, 1.54) is 5.56 Å². The van der Waals surface area contributed by atoms with Gasteiger partial charge in [-0.25, -0.2) is 4.98 Å². The number of hydrogen-bond acceptors (Lipinski definition) is 4. The summed E-state index contributed by atoms with van der Waals surface area (Å²) in [6, 6.07) is 13.8. The fourth-order valence-electron chi connectivity index (χ4n) is 3.07. The highest BCUT2D eigenvalue weighted by atomic mass is 15.1. The number of rotatable bonds is 6. The Morgan fingerprint density at radius 2 is 1.69 bits per heavy atom. The first-order valence-electron chi connectivity index (χ1n) is 9.61. The molecule has 0 atom stereocenters. The summed E-state index contributed by atoms with van der Waals surface area (Å²) in [6.45, 7) is 12.7. The molecule has 0 fully saturated rings. The molecule has 0 aliphatic heterocycles. The van der Waals surface area contributed by atoms with Crippen LogP contribution in [-0.4, -0.2) is 9.97 Å². The highest BCUT2D eigenvalue weighted by Crippen LogP contribution is 2.30. The molecule has 146 valence electrons. The van der Waals surface area contributed by atoms with Gasteiger partial charge in [0.15, 0.2) is 0 Å². The molecule has 0 radical (unpaired) electrons. The number of nitrogens with one attached hydrogen (secondary N) is 2. The Bertz CT molecular complexity index is 1050. The van der Waals surface area contributed by atoms with E-state index in [1.54, 1.807) is 6.20 Å². The number of aromatic nitrogens is 2. The van der Waals surface area contributed by atoms with Crippen LogP contribution in [0.1, 0.15) is 36.1 Å². The molecule has 3 aromatic rings. The van der Waals surface area contributed by atoms with Crippen molar-refractivity contribution >= 4 is 28.7 Å². The van der Waals surface area contributed by atoms with Crippen LogP contribution < -0.4 is 10.6 Å². The van der Waals surface area contributed by atoms with E-state index < -0.39 is 0 Å². The summed E-state index contributed by atoms with van der Waals surface area (Å²) < 4.78 is 0. The van der Waals surface area contributed by atoms with Gasteiger partial charge in [-0.15, -0.1) is 6.42 Å². The molecule has 1 aromatic heterocycles. The normalized spacial score (nSPS) is 10.5. The molecule has 2 N–H and O–H groups in total. The van der Waals surface area contributed by atoms with Gasteiger partial charge in [0.05, 0.1) is 0 Å². The lowest BCUT2D eigenvalue weighted by Gasteiger charge is -2.17. The maximum atomic E-state index is 5.40. The van der Waals surface area contributed by atoms with Crippen molar-refractivity contribution in [3.63, 3.8) is 0 Å². The zero-order chi connectivity index (χ0) is 21.0. The van der Waals surface area contributed by atoms with Crippen molar-refractivity contribution in [3.05, 3.63) is 77.5 Å². The largest absolute Gasteiger partial charge is 0.340 e. The lowest BCUT2D eigenvalue weighted by Crippen LogP contribution is -2.03. The fraction of sp³-hybridized carbons (Fsp3) is 0.200. The molecule has 0 amide bonds. The first-order valence-corrected chi connectivity index (χ1v) is 9.61. The average Bonchev–Trinajstić information content (AvgIpc) is 2.70. The predicted molar refractivity (Wildman–Crippen MR) is 123 cm³/mol. The lowest BCUT2D eigenvalue weighted by molar-refractivity contribution is 0.857. The van der Waals surface area contributed by atoms with Gasteiger partial charge in [0, 0.05) is 23.1 Å². The molecule has 2 aromatic carbocycles. The summed E-state index contributed by atoms with van der Waals surface area (Å²) >= 11 is 0. The van der Waals surface area contributed by atoms with Crippen LogP contribution in [0.5, 0.6) is 0 Å². The topological polar surface area (TPSA) is 49.8 Å². The van der Waals surface area contributed by atoms with Gasteiger partial charge < -0.3 is 10.6 Å². The monoisotopic (exact) mass is 382 g/mol. The van der Waals surface area contributed by atoms with E-state index in [4.69, 9.17) is 6.42 Å². The van der Waals surface area contributed by atoms with Crippen LogP contribution in [0.15, 0.2) is 55.2 Å². The maximum Gasteiger partial charge on any atom is 0.229 e. The van der Waals surface area contributed by atoms with Crippen molar-refractivity contribution in [2.45, 2.75) is 27.7 Å². The third-order valence-electron chi connectivity index (χ3n) is 4.82. The van der Waals surface area contributed by atoms with Crippen molar-refractivity contribution in [2.75, 3.05) is 10.6 Å². The van der Waals surface area contributed by atoms with Crippen LogP contribution in [0.25, 0.3) is 5.57 Å². The van der Waals surface area contributed by atoms with Gasteiger partial charge in [0.25, 0.3) is 0 Å². The quantitative estimate of drug-likeness (QED) is 0.496. The van der Waals surface area contributed by atoms with Gasteiger partial charge >= 0.3 is 0 Å². The second-order valence-electron chi connectivity index (χ2n) is 7.40. The Hall–Kier alpha value is -3.58. The van der Waals surface area contributed by atoms with Crippen LogP contribution in [0.4, 0.5) is 23.1 Å². The van der Waals surface area contributed by atoms with Gasteiger partial charge in [-0.2, -0.15) is 4.98 Å². The van der Waals surface area contributed by atoms with Crippen molar-refractivity contribution < 1.29 is 0 Å². The van der Waals surface area contributed by atoms with E-state index >= 15 is 0 Å². The first-order chi connectivity index (χ1) is 13.9. The number of benzene rings is 2. The molecule has 4 heteroatoms. The first kappa shape index (κ1) is 20.2. The smallest absolute Gasteiger partial charge is 0.229 e. The second kappa shape index (κ2) is 8.62. The molecule has 0 spiro atoms. The summed E-state index contributed by atoms with van der Waals surface area (Å²) in [7, 11) is 0. The standard InChI is InChI=1S/C25H26N4/c1-7-20-8-10-22(11-9-20)27-25-26-13-12-23(29-25)28-24-17(4)14-21(15-18(24)5)19(6)16(2)3/h1,8-16H,6H2,2-5H3,(H2,26,27,28,29). The number of hydrogen-bond donors (Lipinski definition) is 2. The van der Waals surface area contributed by atoms with Gasteiger partial charge in [-0.3, -0.25) is 0 Å². The van der Waals surface area contributed by atoms with E-state index in [9.17, 15) is 0 Å². The molecule has 0 saturated heterocycles. The number of terminal acetylenes is 1. The Labute approximate surface area is 173 Å². The van der Waals surface area contributed by atoms with Crippen molar-refractivity contribution in [1.82, 2.24) is 9.97 Å². The maximum absolute atomic E-state index is 5.40. The molecule has 29 heavy (non-hydrogen) atoms. The van der Waals surface area contributed by atoms with Crippen molar-refractivity contribution in [1.29, 1.82) is 0 Å². The molecule has 0 aliphatic rings. The molecule has 3 rings (SSSR count). The number of nitrogens with zero attached hydrogens (tertiary/aromatic N) is 2. The van der Waals surface area contributed by atoms with E-state index in [2.05, 4.69) is 72.9 Å². The number of aryl methyl sites for hydroxylation is 2. The molecular formula is C25H26N4. The van der Waals surface area contributed by atoms with Crippen LogP contribution in [0.3, 0.4) is 0 Å². The van der Waals surface area contributed by atoms with Crippen LogP contribution >= 0.6 is 0 Å². The zero-order valence-electron chi connectivity index (χ0n) is 17.4. The number of anilines is 4. The van der Waals surface area contributed by atoms with Crippen molar-refractivity contribution in [3.8, 4) is 12.3 Å². The zero-order valence-corrected chi connectivity index (χ0v) is 17.4. The van der Waals surface area contributed by atoms with Gasteiger partial charge in [0.1, 0.15) is 5.82 Å². The Morgan fingerprint density at radius 3 is 2.28 bits per heavy atom. The molecular weight excluding hydrogens is 356 g/mol. The van der Waals surface area contributed by atoms with E-state index in [0.29, 0.717) is 11.9 Å². The minimum Gasteiger partial charge on any atom is -0.340 e. The summed E-state index contributed by atoms with van der Waals surface area (Å²) in [5.74, 6) is 4.27. The van der Waals surface area contributed by atoms with Gasteiger partial charge in [-0.1, -0.05) is 26.3 Å². The average molecular weight is 383 g/mol. The molecule has 0 aliphatic carbocycles. The molecule has 1 heterocycles.